The van der Waals surface area contributed by atoms with Crippen molar-refractivity contribution in [2.75, 3.05) is 0 Å². The first-order chi connectivity index (χ1) is 24.2. The van der Waals surface area contributed by atoms with Crippen LogP contribution in [0.2, 0.25) is 0 Å². The maximum atomic E-state index is 9.90. The maximum absolute atomic E-state index is 9.90. The zero-order valence-corrected chi connectivity index (χ0v) is 26.9. The monoisotopic (exact) mass is 640 g/mol. The van der Waals surface area contributed by atoms with Gasteiger partial charge in [-0.15, -0.1) is 11.3 Å². The van der Waals surface area contributed by atoms with Crippen LogP contribution in [0.5, 0.6) is 0 Å². The van der Waals surface area contributed by atoms with Crippen LogP contribution in [0.1, 0.15) is 11.1 Å². The summed E-state index contributed by atoms with van der Waals surface area (Å²) >= 11 is 1.71. The zero-order chi connectivity index (χ0) is 32.6. The van der Waals surface area contributed by atoms with Crippen LogP contribution in [0.15, 0.2) is 146 Å². The molecule has 3 aromatic heterocycles. The summed E-state index contributed by atoms with van der Waals surface area (Å²) in [4.78, 5) is 0. The molecule has 0 fully saturated rings. The van der Waals surface area contributed by atoms with Gasteiger partial charge in [-0.3, -0.25) is 0 Å². The molecule has 3 heterocycles. The molecule has 0 aliphatic heterocycles. The Labute approximate surface area is 285 Å². The number of fused-ring (bicyclic) bond motifs is 10. The molecule has 0 radical (unpaired) electrons. The minimum absolute atomic E-state index is 0.657. The molecule has 5 heteroatoms. The van der Waals surface area contributed by atoms with E-state index in [-0.39, 0.29) is 0 Å². The van der Waals surface area contributed by atoms with Gasteiger partial charge >= 0.3 is 0 Å². The van der Waals surface area contributed by atoms with Gasteiger partial charge < -0.3 is 9.13 Å². The van der Waals surface area contributed by atoms with E-state index in [4.69, 9.17) is 0 Å². The number of thiophene rings is 1. The van der Waals surface area contributed by atoms with Gasteiger partial charge in [0.25, 0.3) is 0 Å². The summed E-state index contributed by atoms with van der Waals surface area (Å²) in [5.74, 6) is 0. The van der Waals surface area contributed by atoms with E-state index < -0.39 is 0 Å². The first-order valence-electron chi connectivity index (χ1n) is 16.1. The molecule has 0 aliphatic carbocycles. The Balaban J connectivity index is 1.19. The van der Waals surface area contributed by atoms with Gasteiger partial charge in [0.1, 0.15) is 6.07 Å². The first-order valence-corrected chi connectivity index (χ1v) is 17.0. The SMILES string of the molecule is N#Cc1ccc2c(c1)c1ccccc1n2-c1cccc(-c2cccc(-n3c4ccccc4c4ccc5c6cccc(C#N)c6sc5c43)c2)c1. The quantitative estimate of drug-likeness (QED) is 0.193. The van der Waals surface area contributed by atoms with E-state index in [9.17, 15) is 10.5 Å². The Morgan fingerprint density at radius 1 is 0.429 bits per heavy atom. The molecule has 0 unspecified atom stereocenters. The Bertz CT molecular complexity index is 3090. The highest BCUT2D eigenvalue weighted by Crippen LogP contribution is 2.44. The average Bonchev–Trinajstić information content (AvgIpc) is 3.82. The number of rotatable bonds is 3. The molecule has 0 amide bonds. The number of hydrogen-bond donors (Lipinski definition) is 0. The van der Waals surface area contributed by atoms with Crippen LogP contribution in [0.25, 0.3) is 86.3 Å². The summed E-state index contributed by atoms with van der Waals surface area (Å²) in [6.07, 6.45) is 0. The van der Waals surface area contributed by atoms with Crippen molar-refractivity contribution in [3.8, 4) is 34.6 Å². The van der Waals surface area contributed by atoms with Gasteiger partial charge in [0.05, 0.1) is 48.7 Å². The third kappa shape index (κ3) is 3.95. The number of para-hydroxylation sites is 2. The van der Waals surface area contributed by atoms with Gasteiger partial charge in [0.15, 0.2) is 0 Å². The lowest BCUT2D eigenvalue weighted by atomic mass is 10.0. The van der Waals surface area contributed by atoms with Crippen LogP contribution in [0, 0.1) is 22.7 Å². The second-order valence-electron chi connectivity index (χ2n) is 12.4. The Morgan fingerprint density at radius 2 is 1.02 bits per heavy atom. The summed E-state index contributed by atoms with van der Waals surface area (Å²) in [7, 11) is 0. The van der Waals surface area contributed by atoms with Gasteiger partial charge in [-0.2, -0.15) is 10.5 Å². The fourth-order valence-electron chi connectivity index (χ4n) is 7.63. The van der Waals surface area contributed by atoms with Crippen molar-refractivity contribution in [1.29, 1.82) is 10.5 Å². The third-order valence-corrected chi connectivity index (χ3v) is 11.0. The van der Waals surface area contributed by atoms with Crippen molar-refractivity contribution in [2.45, 2.75) is 0 Å². The van der Waals surface area contributed by atoms with Crippen molar-refractivity contribution in [1.82, 2.24) is 9.13 Å². The smallest absolute Gasteiger partial charge is 0.101 e. The highest BCUT2D eigenvalue weighted by Gasteiger charge is 2.19. The van der Waals surface area contributed by atoms with E-state index >= 15 is 0 Å². The van der Waals surface area contributed by atoms with Gasteiger partial charge in [-0.1, -0.05) is 84.9 Å². The van der Waals surface area contributed by atoms with Crippen LogP contribution in [-0.2, 0) is 0 Å². The first kappa shape index (κ1) is 27.5. The van der Waals surface area contributed by atoms with Crippen LogP contribution in [-0.4, -0.2) is 9.13 Å². The Kier molecular flexibility index (Phi) is 5.84. The summed E-state index contributed by atoms with van der Waals surface area (Å²) in [5, 5.41) is 26.4. The third-order valence-electron chi connectivity index (χ3n) is 9.76. The molecule has 0 spiro atoms. The van der Waals surface area contributed by atoms with Crippen molar-refractivity contribution < 1.29 is 0 Å². The van der Waals surface area contributed by atoms with E-state index in [1.807, 2.05) is 24.3 Å². The fraction of sp³-hybridized carbons (Fsp3) is 0. The van der Waals surface area contributed by atoms with Crippen molar-refractivity contribution in [3.63, 3.8) is 0 Å². The second kappa shape index (κ2) is 10.4. The van der Waals surface area contributed by atoms with Gasteiger partial charge in [0.2, 0.25) is 0 Å². The zero-order valence-electron chi connectivity index (χ0n) is 26.1. The largest absolute Gasteiger partial charge is 0.309 e. The van der Waals surface area contributed by atoms with Crippen LogP contribution < -0.4 is 0 Å². The minimum Gasteiger partial charge on any atom is -0.309 e. The number of nitriles is 2. The molecule has 0 atom stereocenters. The van der Waals surface area contributed by atoms with Crippen LogP contribution >= 0.6 is 11.3 Å². The van der Waals surface area contributed by atoms with E-state index in [0.717, 1.165) is 65.4 Å². The standard InChI is InChI=1S/C44H24N4S/c45-25-27-18-21-41-38(22-27)34-14-2-3-16-39(34)47(41)31-11-5-8-28(23-31)29-9-6-12-32(24-29)48-40-17-4-1-13-33(40)35-19-20-37-36-15-7-10-30(26-46)43(36)49-44(37)42(35)48/h1-24H. The maximum Gasteiger partial charge on any atom is 0.101 e. The predicted molar refractivity (Wildman–Crippen MR) is 203 cm³/mol. The second-order valence-corrected chi connectivity index (χ2v) is 13.4. The van der Waals surface area contributed by atoms with Crippen molar-refractivity contribution in [2.24, 2.45) is 0 Å². The molecule has 0 saturated heterocycles. The predicted octanol–water partition coefficient (Wildman–Crippen LogP) is 11.7. The molecular weight excluding hydrogens is 617 g/mol. The molecular formula is C44H24N4S. The summed E-state index contributed by atoms with van der Waals surface area (Å²) in [5.41, 5.74) is 10.2. The molecule has 10 rings (SSSR count). The highest BCUT2D eigenvalue weighted by atomic mass is 32.1. The van der Waals surface area contributed by atoms with E-state index in [2.05, 4.69) is 143 Å². The van der Waals surface area contributed by atoms with Gasteiger partial charge in [-0.25, -0.2) is 0 Å². The number of benzene rings is 7. The molecule has 0 N–H and O–H groups in total. The lowest BCUT2D eigenvalue weighted by Crippen LogP contribution is -1.96. The lowest BCUT2D eigenvalue weighted by molar-refractivity contribution is 1.18. The molecule has 0 saturated carbocycles. The molecule has 0 bridgehead atoms. The van der Waals surface area contributed by atoms with Gasteiger partial charge in [-0.05, 0) is 71.8 Å². The number of hydrogen-bond acceptors (Lipinski definition) is 3. The molecule has 10 aromatic rings. The fourth-order valence-corrected chi connectivity index (χ4v) is 8.93. The normalized spacial score (nSPS) is 11.6. The Hall–Kier alpha value is -6.66. The van der Waals surface area contributed by atoms with E-state index in [0.29, 0.717) is 11.1 Å². The summed E-state index contributed by atoms with van der Waals surface area (Å²) < 4.78 is 6.90. The van der Waals surface area contributed by atoms with Crippen molar-refractivity contribution in [3.05, 3.63) is 157 Å². The van der Waals surface area contributed by atoms with E-state index in [1.165, 1.54) is 20.9 Å². The summed E-state index contributed by atoms with van der Waals surface area (Å²) in [6.45, 7) is 0. The van der Waals surface area contributed by atoms with E-state index in [1.54, 1.807) is 11.3 Å². The topological polar surface area (TPSA) is 57.4 Å². The van der Waals surface area contributed by atoms with Gasteiger partial charge in [0, 0.05) is 43.7 Å². The highest BCUT2D eigenvalue weighted by molar-refractivity contribution is 7.27. The molecule has 226 valence electrons. The number of nitrogens with zero attached hydrogens (tertiary/aromatic N) is 4. The lowest BCUT2D eigenvalue weighted by Gasteiger charge is -2.13. The Morgan fingerprint density at radius 3 is 1.76 bits per heavy atom. The summed E-state index contributed by atoms with van der Waals surface area (Å²) in [6, 6.07) is 55.6. The number of aromatic nitrogens is 2. The minimum atomic E-state index is 0.657. The van der Waals surface area contributed by atoms with Crippen LogP contribution in [0.4, 0.5) is 0 Å². The average molecular weight is 641 g/mol. The molecule has 49 heavy (non-hydrogen) atoms. The van der Waals surface area contributed by atoms with Crippen molar-refractivity contribution >= 4 is 75.1 Å². The molecule has 7 aromatic carbocycles. The molecule has 0 aliphatic rings. The molecule has 4 nitrogen and oxygen atoms in total. The van der Waals surface area contributed by atoms with Crippen LogP contribution in [0.3, 0.4) is 0 Å².